The van der Waals surface area contributed by atoms with E-state index in [1.165, 1.54) is 49.0 Å². The fourth-order valence-electron chi connectivity index (χ4n) is 3.30. The standard InChI is InChI=1S/C22H29N2O.HI/c1-3-25-22-10-9-20(8-7-19-11-15-23(2)16-12-19)17-21(22)18-24-13-5-4-6-14-24;/h7-12,15-17H,3-6,13-14,18H2,1-2H3;1H/q+1;/p-1/b8-7+;. The highest BCUT2D eigenvalue weighted by molar-refractivity contribution is 5.70. The molecular formula is C22H29IN2O. The van der Waals surface area contributed by atoms with Crippen LogP contribution < -0.4 is 33.3 Å². The number of pyridine rings is 1. The molecular weight excluding hydrogens is 435 g/mol. The molecule has 0 saturated carbocycles. The van der Waals surface area contributed by atoms with Crippen LogP contribution in [0.1, 0.15) is 42.9 Å². The molecule has 3 nitrogen and oxygen atoms in total. The lowest BCUT2D eigenvalue weighted by molar-refractivity contribution is -0.671. The quantitative estimate of drug-likeness (QED) is 0.470. The summed E-state index contributed by atoms with van der Waals surface area (Å²) in [6, 6.07) is 10.8. The molecule has 0 spiro atoms. The van der Waals surface area contributed by atoms with Gasteiger partial charge >= 0.3 is 0 Å². The molecule has 26 heavy (non-hydrogen) atoms. The topological polar surface area (TPSA) is 16.4 Å². The number of hydrogen-bond donors (Lipinski definition) is 0. The molecule has 1 fully saturated rings. The molecule has 0 N–H and O–H groups in total. The van der Waals surface area contributed by atoms with E-state index >= 15 is 0 Å². The van der Waals surface area contributed by atoms with E-state index in [1.54, 1.807) is 0 Å². The maximum Gasteiger partial charge on any atom is 0.169 e. The predicted molar refractivity (Wildman–Crippen MR) is 103 cm³/mol. The van der Waals surface area contributed by atoms with Crippen LogP contribution in [0.15, 0.2) is 42.7 Å². The van der Waals surface area contributed by atoms with E-state index in [9.17, 15) is 0 Å². The van der Waals surface area contributed by atoms with Crippen molar-refractivity contribution in [2.45, 2.75) is 32.7 Å². The summed E-state index contributed by atoms with van der Waals surface area (Å²) < 4.78 is 7.90. The van der Waals surface area contributed by atoms with Crippen molar-refractivity contribution in [3.8, 4) is 5.75 Å². The Hall–Kier alpha value is -1.40. The number of piperidine rings is 1. The summed E-state index contributed by atoms with van der Waals surface area (Å²) in [7, 11) is 2.03. The van der Waals surface area contributed by atoms with Crippen LogP contribution in [0.5, 0.6) is 5.75 Å². The van der Waals surface area contributed by atoms with Gasteiger partial charge in [-0.25, -0.2) is 4.57 Å². The third-order valence-corrected chi connectivity index (χ3v) is 4.70. The van der Waals surface area contributed by atoms with Gasteiger partial charge < -0.3 is 28.7 Å². The van der Waals surface area contributed by atoms with Crippen LogP contribution >= 0.6 is 0 Å². The third-order valence-electron chi connectivity index (χ3n) is 4.70. The van der Waals surface area contributed by atoms with Crippen molar-refractivity contribution in [1.29, 1.82) is 0 Å². The first-order valence-corrected chi connectivity index (χ1v) is 9.36. The lowest BCUT2D eigenvalue weighted by Crippen LogP contribution is -3.00. The Morgan fingerprint density at radius 3 is 2.38 bits per heavy atom. The Balaban J connectivity index is 0.00000243. The SMILES string of the molecule is CCOc1ccc(/C=C/c2cc[n+](C)cc2)cc1CN1CCCCC1.[I-]. The fourth-order valence-corrected chi connectivity index (χ4v) is 3.30. The summed E-state index contributed by atoms with van der Waals surface area (Å²) in [5, 5.41) is 0. The maximum absolute atomic E-state index is 5.86. The summed E-state index contributed by atoms with van der Waals surface area (Å²) in [5.41, 5.74) is 3.73. The van der Waals surface area contributed by atoms with Crippen LogP contribution in [-0.2, 0) is 13.6 Å². The molecule has 3 rings (SSSR count). The zero-order chi connectivity index (χ0) is 17.5. The Morgan fingerprint density at radius 2 is 1.69 bits per heavy atom. The van der Waals surface area contributed by atoms with Crippen LogP contribution in [0, 0.1) is 0 Å². The van der Waals surface area contributed by atoms with E-state index in [0.29, 0.717) is 6.61 Å². The highest BCUT2D eigenvalue weighted by Crippen LogP contribution is 2.24. The molecule has 1 aromatic heterocycles. The average molecular weight is 464 g/mol. The molecule has 0 bridgehead atoms. The van der Waals surface area contributed by atoms with Crippen molar-refractivity contribution >= 4 is 12.2 Å². The summed E-state index contributed by atoms with van der Waals surface area (Å²) in [5.74, 6) is 1.02. The van der Waals surface area contributed by atoms with Gasteiger partial charge in [0, 0.05) is 24.2 Å². The number of benzene rings is 1. The minimum absolute atomic E-state index is 0. The summed E-state index contributed by atoms with van der Waals surface area (Å²) in [6.45, 7) is 6.15. The number of rotatable bonds is 6. The van der Waals surface area contributed by atoms with Gasteiger partial charge in [-0.05, 0) is 56.1 Å². The first kappa shape index (κ1) is 20.9. The van der Waals surface area contributed by atoms with E-state index < -0.39 is 0 Å². The van der Waals surface area contributed by atoms with Gasteiger partial charge in [0.05, 0.1) is 6.61 Å². The minimum atomic E-state index is 0. The number of ether oxygens (including phenoxy) is 1. The van der Waals surface area contributed by atoms with Crippen molar-refractivity contribution in [1.82, 2.24) is 4.90 Å². The number of aryl methyl sites for hydroxylation is 1. The lowest BCUT2D eigenvalue weighted by atomic mass is 10.1. The lowest BCUT2D eigenvalue weighted by Gasteiger charge is -2.27. The Kier molecular flexibility index (Phi) is 8.59. The van der Waals surface area contributed by atoms with Crippen molar-refractivity contribution in [3.63, 3.8) is 0 Å². The van der Waals surface area contributed by atoms with E-state index in [1.807, 2.05) is 18.5 Å². The van der Waals surface area contributed by atoms with E-state index in [-0.39, 0.29) is 24.0 Å². The van der Waals surface area contributed by atoms with Crippen LogP contribution in [0.25, 0.3) is 12.2 Å². The number of nitrogens with zero attached hydrogens (tertiary/aromatic N) is 2. The second-order valence-corrected chi connectivity index (χ2v) is 6.77. The molecule has 0 unspecified atom stereocenters. The van der Waals surface area contributed by atoms with Crippen LogP contribution in [0.2, 0.25) is 0 Å². The zero-order valence-corrected chi connectivity index (χ0v) is 18.0. The zero-order valence-electron chi connectivity index (χ0n) is 15.8. The van der Waals surface area contributed by atoms with Gasteiger partial charge in [-0.15, -0.1) is 0 Å². The van der Waals surface area contributed by atoms with Crippen molar-refractivity contribution in [2.24, 2.45) is 7.05 Å². The van der Waals surface area contributed by atoms with Gasteiger partial charge in [-0.3, -0.25) is 4.90 Å². The fraction of sp³-hybridized carbons (Fsp3) is 0.409. The molecule has 2 heterocycles. The number of likely N-dealkylation sites (tertiary alicyclic amines) is 1. The Bertz CT molecular complexity index is 707. The summed E-state index contributed by atoms with van der Waals surface area (Å²) >= 11 is 0. The van der Waals surface area contributed by atoms with Crippen molar-refractivity contribution in [2.75, 3.05) is 19.7 Å². The number of aromatic nitrogens is 1. The number of hydrogen-bond acceptors (Lipinski definition) is 2. The van der Waals surface area contributed by atoms with Gasteiger partial charge in [0.25, 0.3) is 0 Å². The van der Waals surface area contributed by atoms with Gasteiger partial charge in [0.1, 0.15) is 12.8 Å². The average Bonchev–Trinajstić information content (AvgIpc) is 2.64. The second-order valence-electron chi connectivity index (χ2n) is 6.77. The highest BCUT2D eigenvalue weighted by Gasteiger charge is 2.13. The van der Waals surface area contributed by atoms with Crippen LogP contribution in [0.3, 0.4) is 0 Å². The molecule has 0 amide bonds. The van der Waals surface area contributed by atoms with Gasteiger partial charge in [-0.2, -0.15) is 0 Å². The molecule has 0 radical (unpaired) electrons. The maximum atomic E-state index is 5.86. The molecule has 0 atom stereocenters. The normalized spacial score (nSPS) is 15.0. The smallest absolute Gasteiger partial charge is 0.169 e. The largest absolute Gasteiger partial charge is 1.00 e. The minimum Gasteiger partial charge on any atom is -1.00 e. The Labute approximate surface area is 174 Å². The van der Waals surface area contributed by atoms with E-state index in [0.717, 1.165) is 12.3 Å². The first-order chi connectivity index (χ1) is 12.2. The monoisotopic (exact) mass is 464 g/mol. The molecule has 1 aliphatic heterocycles. The second kappa shape index (κ2) is 10.7. The third kappa shape index (κ3) is 6.09. The van der Waals surface area contributed by atoms with Gasteiger partial charge in [0.15, 0.2) is 12.4 Å². The molecule has 1 aliphatic rings. The van der Waals surface area contributed by atoms with Gasteiger partial charge in [0.2, 0.25) is 0 Å². The highest BCUT2D eigenvalue weighted by atomic mass is 127. The van der Waals surface area contributed by atoms with Crippen molar-refractivity contribution in [3.05, 3.63) is 59.4 Å². The van der Waals surface area contributed by atoms with Crippen LogP contribution in [0.4, 0.5) is 0 Å². The van der Waals surface area contributed by atoms with E-state index in [4.69, 9.17) is 4.74 Å². The summed E-state index contributed by atoms with van der Waals surface area (Å²) in [6.07, 6.45) is 12.5. The molecule has 1 saturated heterocycles. The summed E-state index contributed by atoms with van der Waals surface area (Å²) in [4.78, 5) is 2.55. The molecule has 0 aliphatic carbocycles. The molecule has 140 valence electrons. The van der Waals surface area contributed by atoms with Gasteiger partial charge in [-0.1, -0.05) is 24.6 Å². The number of halogens is 1. The predicted octanol–water partition coefficient (Wildman–Crippen LogP) is 1.07. The van der Waals surface area contributed by atoms with Crippen LogP contribution in [-0.4, -0.2) is 24.6 Å². The molecule has 1 aromatic carbocycles. The molecule has 2 aromatic rings. The Morgan fingerprint density at radius 1 is 1.00 bits per heavy atom. The first-order valence-electron chi connectivity index (χ1n) is 9.36. The molecule has 4 heteroatoms. The van der Waals surface area contributed by atoms with E-state index in [2.05, 4.69) is 59.8 Å². The van der Waals surface area contributed by atoms with Crippen molar-refractivity contribution < 1.29 is 33.3 Å².